The lowest BCUT2D eigenvalue weighted by molar-refractivity contribution is -0.127. The van der Waals surface area contributed by atoms with Crippen LogP contribution in [-0.2, 0) is 9.59 Å². The third kappa shape index (κ3) is 2.28. The van der Waals surface area contributed by atoms with Crippen LogP contribution >= 0.6 is 12.6 Å². The number of nitrogens with one attached hydrogen (secondary N) is 1. The van der Waals surface area contributed by atoms with Crippen LogP contribution in [0.25, 0.3) is 0 Å². The van der Waals surface area contributed by atoms with E-state index < -0.39 is 5.54 Å². The molecule has 0 radical (unpaired) electrons. The Hall–Kier alpha value is -0.950. The van der Waals surface area contributed by atoms with Gasteiger partial charge in [0.25, 0.3) is 0 Å². The monoisotopic (exact) mass is 185 g/mol. The minimum Gasteiger partial charge on any atom is -0.333 e. The van der Waals surface area contributed by atoms with E-state index >= 15 is 0 Å². The normalized spacial score (nSPS) is 14.2. The first-order chi connectivity index (χ1) is 5.48. The predicted molar refractivity (Wildman–Crippen MR) is 49.9 cm³/mol. The molecule has 0 rings (SSSR count). The van der Waals surface area contributed by atoms with Crippen LogP contribution in [0.5, 0.6) is 0 Å². The van der Waals surface area contributed by atoms with E-state index in [1.165, 1.54) is 13.8 Å². The number of carbonyl (C=O) groups is 2. The maximum atomic E-state index is 11.1. The van der Waals surface area contributed by atoms with Crippen LogP contribution in [0.15, 0.2) is 0 Å². The average Bonchev–Trinajstić information content (AvgIpc) is 1.99. The minimum atomic E-state index is -1.24. The molecule has 3 nitrogen and oxygen atoms in total. The molecule has 66 valence electrons. The molecule has 0 spiro atoms. The quantitative estimate of drug-likeness (QED) is 0.481. The topological polar surface area (TPSA) is 46.2 Å². The summed E-state index contributed by atoms with van der Waals surface area (Å²) < 4.78 is 0. The maximum absolute atomic E-state index is 11.1. The summed E-state index contributed by atoms with van der Waals surface area (Å²) >= 11 is 3.92. The Morgan fingerprint density at radius 2 is 2.08 bits per heavy atom. The predicted octanol–water partition coefficient (Wildman–Crippen LogP) is 0.0133. The highest BCUT2D eigenvalue weighted by Crippen LogP contribution is 2.07. The third-order valence-electron chi connectivity index (χ3n) is 1.47. The molecule has 0 aliphatic rings. The van der Waals surface area contributed by atoms with Crippen molar-refractivity contribution in [2.24, 2.45) is 0 Å². The number of hydrogen-bond acceptors (Lipinski definition) is 3. The SMILES string of the molecule is C#C[C@@](CS)(NC(C)=O)C(C)=O. The molecule has 0 saturated heterocycles. The molecule has 12 heavy (non-hydrogen) atoms. The number of thiol groups is 1. The molecule has 0 aromatic rings. The van der Waals surface area contributed by atoms with Gasteiger partial charge < -0.3 is 5.32 Å². The van der Waals surface area contributed by atoms with Crippen LogP contribution in [0.3, 0.4) is 0 Å². The van der Waals surface area contributed by atoms with Crippen molar-refractivity contribution in [3.63, 3.8) is 0 Å². The second-order valence-corrected chi connectivity index (χ2v) is 2.76. The molecule has 1 amide bonds. The van der Waals surface area contributed by atoms with E-state index in [1.807, 2.05) is 0 Å². The van der Waals surface area contributed by atoms with E-state index in [-0.39, 0.29) is 17.4 Å². The lowest BCUT2D eigenvalue weighted by Gasteiger charge is -2.23. The summed E-state index contributed by atoms with van der Waals surface area (Å²) in [6.07, 6.45) is 5.13. The zero-order valence-electron chi connectivity index (χ0n) is 7.05. The number of rotatable bonds is 3. The Balaban J connectivity index is 4.74. The van der Waals surface area contributed by atoms with E-state index in [4.69, 9.17) is 6.42 Å². The average molecular weight is 185 g/mol. The molecule has 0 aromatic carbocycles. The summed E-state index contributed by atoms with van der Waals surface area (Å²) in [6, 6.07) is 0. The van der Waals surface area contributed by atoms with Gasteiger partial charge in [0.2, 0.25) is 5.91 Å². The highest BCUT2D eigenvalue weighted by molar-refractivity contribution is 7.80. The molecule has 0 heterocycles. The highest BCUT2D eigenvalue weighted by Gasteiger charge is 2.32. The molecule has 0 aliphatic carbocycles. The molecule has 0 aromatic heterocycles. The first kappa shape index (κ1) is 11.1. The van der Waals surface area contributed by atoms with Gasteiger partial charge in [-0.15, -0.1) is 6.42 Å². The first-order valence-electron chi connectivity index (χ1n) is 3.37. The van der Waals surface area contributed by atoms with Gasteiger partial charge in [-0.25, -0.2) is 0 Å². The van der Waals surface area contributed by atoms with Crippen molar-refractivity contribution >= 4 is 24.3 Å². The van der Waals surface area contributed by atoms with Gasteiger partial charge in [0.1, 0.15) is 0 Å². The summed E-state index contributed by atoms with van der Waals surface area (Å²) in [4.78, 5) is 21.7. The fourth-order valence-corrected chi connectivity index (χ4v) is 1.12. The van der Waals surface area contributed by atoms with Gasteiger partial charge in [-0.2, -0.15) is 12.6 Å². The van der Waals surface area contributed by atoms with Crippen molar-refractivity contribution in [2.45, 2.75) is 19.4 Å². The lowest BCUT2D eigenvalue weighted by Crippen LogP contribution is -2.53. The summed E-state index contributed by atoms with van der Waals surface area (Å²) in [5.74, 6) is 1.73. The number of terminal acetylenes is 1. The van der Waals surface area contributed by atoms with Gasteiger partial charge in [-0.1, -0.05) is 5.92 Å². The zero-order chi connectivity index (χ0) is 9.78. The number of amides is 1. The Kier molecular flexibility index (Phi) is 3.84. The number of hydrogen-bond donors (Lipinski definition) is 2. The molecule has 1 N–H and O–H groups in total. The van der Waals surface area contributed by atoms with Gasteiger partial charge in [-0.3, -0.25) is 9.59 Å². The molecule has 0 aliphatic heterocycles. The summed E-state index contributed by atoms with van der Waals surface area (Å²) in [5, 5.41) is 2.39. The van der Waals surface area contributed by atoms with Gasteiger partial charge in [-0.05, 0) is 6.92 Å². The van der Waals surface area contributed by atoms with Crippen molar-refractivity contribution < 1.29 is 9.59 Å². The summed E-state index contributed by atoms with van der Waals surface area (Å²) in [6.45, 7) is 2.63. The maximum Gasteiger partial charge on any atom is 0.218 e. The molecule has 0 bridgehead atoms. The second kappa shape index (κ2) is 4.17. The van der Waals surface area contributed by atoms with Gasteiger partial charge in [0, 0.05) is 12.7 Å². The van der Waals surface area contributed by atoms with Crippen LogP contribution in [0.2, 0.25) is 0 Å². The van der Waals surface area contributed by atoms with Crippen molar-refractivity contribution in [1.29, 1.82) is 0 Å². The van der Waals surface area contributed by atoms with E-state index in [9.17, 15) is 9.59 Å². The van der Waals surface area contributed by atoms with Gasteiger partial charge in [0.15, 0.2) is 11.3 Å². The van der Waals surface area contributed by atoms with Crippen molar-refractivity contribution in [2.75, 3.05) is 5.75 Å². The summed E-state index contributed by atoms with van der Waals surface area (Å²) in [5.41, 5.74) is -1.24. The molecule has 0 fully saturated rings. The van der Waals surface area contributed by atoms with Crippen LogP contribution in [0.4, 0.5) is 0 Å². The first-order valence-corrected chi connectivity index (χ1v) is 4.00. The standard InChI is InChI=1S/C8H11NO2S/c1-4-8(5-12,6(2)10)9-7(3)11/h1,12H,5H2,2-3H3,(H,9,11)/t8-/m0/s1. The molecule has 1 atom stereocenters. The minimum absolute atomic E-state index is 0.110. The van der Waals surface area contributed by atoms with Crippen molar-refractivity contribution in [3.8, 4) is 12.3 Å². The van der Waals surface area contributed by atoms with E-state index in [2.05, 4.69) is 23.9 Å². The smallest absolute Gasteiger partial charge is 0.218 e. The van der Waals surface area contributed by atoms with Crippen LogP contribution < -0.4 is 5.32 Å². The molecular weight excluding hydrogens is 174 g/mol. The van der Waals surface area contributed by atoms with E-state index in [0.717, 1.165) is 0 Å². The van der Waals surface area contributed by atoms with E-state index in [1.54, 1.807) is 0 Å². The fourth-order valence-electron chi connectivity index (χ4n) is 0.723. The lowest BCUT2D eigenvalue weighted by atomic mass is 9.98. The number of carbonyl (C=O) groups excluding carboxylic acids is 2. The molecular formula is C8H11NO2S. The Labute approximate surface area is 77.3 Å². The number of Topliss-reactive ketones (excluding diaryl/α,β-unsaturated/α-hetero) is 1. The second-order valence-electron chi connectivity index (χ2n) is 2.45. The van der Waals surface area contributed by atoms with Crippen LogP contribution in [0, 0.1) is 12.3 Å². The zero-order valence-corrected chi connectivity index (χ0v) is 7.94. The van der Waals surface area contributed by atoms with Crippen LogP contribution in [0.1, 0.15) is 13.8 Å². The Morgan fingerprint density at radius 1 is 1.58 bits per heavy atom. The molecule has 0 saturated carbocycles. The third-order valence-corrected chi connectivity index (χ3v) is 1.95. The van der Waals surface area contributed by atoms with Crippen LogP contribution in [-0.4, -0.2) is 23.0 Å². The van der Waals surface area contributed by atoms with Gasteiger partial charge in [0.05, 0.1) is 0 Å². The molecule has 4 heteroatoms. The fraction of sp³-hybridized carbons (Fsp3) is 0.500. The Morgan fingerprint density at radius 3 is 2.17 bits per heavy atom. The Bertz CT molecular complexity index is 244. The van der Waals surface area contributed by atoms with Crippen molar-refractivity contribution in [1.82, 2.24) is 5.32 Å². The summed E-state index contributed by atoms with van der Waals surface area (Å²) in [7, 11) is 0. The van der Waals surface area contributed by atoms with E-state index in [0.29, 0.717) is 0 Å². The number of ketones is 1. The van der Waals surface area contributed by atoms with Crippen molar-refractivity contribution in [3.05, 3.63) is 0 Å². The largest absolute Gasteiger partial charge is 0.333 e. The molecule has 0 unspecified atom stereocenters. The highest BCUT2D eigenvalue weighted by atomic mass is 32.1. The van der Waals surface area contributed by atoms with Gasteiger partial charge >= 0.3 is 0 Å².